The van der Waals surface area contributed by atoms with Crippen molar-refractivity contribution in [1.29, 1.82) is 0 Å². The smallest absolute Gasteiger partial charge is 0.253 e. The van der Waals surface area contributed by atoms with E-state index in [1.165, 1.54) is 0 Å². The molecule has 5 heteroatoms. The summed E-state index contributed by atoms with van der Waals surface area (Å²) in [6.45, 7) is 0. The Hall–Kier alpha value is -3.31. The van der Waals surface area contributed by atoms with E-state index in [0.717, 1.165) is 29.4 Å². The van der Waals surface area contributed by atoms with Crippen molar-refractivity contribution in [3.63, 3.8) is 0 Å². The molecule has 1 aromatic heterocycles. The second-order valence-electron chi connectivity index (χ2n) is 8.20. The van der Waals surface area contributed by atoms with Gasteiger partial charge in [0.15, 0.2) is 0 Å². The molecule has 0 saturated heterocycles. The Morgan fingerprint density at radius 3 is 2.22 bits per heavy atom. The topological polar surface area (TPSA) is 59.1 Å². The third-order valence-corrected chi connectivity index (χ3v) is 6.92. The molecule has 1 aliphatic rings. The van der Waals surface area contributed by atoms with Crippen molar-refractivity contribution in [2.24, 2.45) is 5.92 Å². The van der Waals surface area contributed by atoms with Gasteiger partial charge in [-0.2, -0.15) is 0 Å². The fraction of sp³-hybridized carbons (Fsp3) is 0.185. The first-order valence-corrected chi connectivity index (χ1v) is 12.4. The van der Waals surface area contributed by atoms with Crippen LogP contribution in [0.3, 0.4) is 0 Å². The lowest BCUT2D eigenvalue weighted by Gasteiger charge is -2.21. The minimum absolute atomic E-state index is 0.0612. The number of nitrogens with one attached hydrogen (secondary N) is 1. The van der Waals surface area contributed by atoms with Crippen LogP contribution in [-0.4, -0.2) is 21.4 Å². The van der Waals surface area contributed by atoms with Gasteiger partial charge in [0, 0.05) is 17.2 Å². The molecule has 1 saturated carbocycles. The number of carbonyl (C=O) groups excluding carboxylic acids is 1. The molecule has 0 aliphatic heterocycles. The van der Waals surface area contributed by atoms with E-state index in [0.29, 0.717) is 27.6 Å². The maximum atomic E-state index is 13.8. The lowest BCUT2D eigenvalue weighted by Crippen LogP contribution is -2.31. The average molecular weight is 441 g/mol. The van der Waals surface area contributed by atoms with Crippen LogP contribution < -0.4 is 5.32 Å². The summed E-state index contributed by atoms with van der Waals surface area (Å²) in [7, 11) is -1.41. The Morgan fingerprint density at radius 1 is 0.938 bits per heavy atom. The van der Waals surface area contributed by atoms with Gasteiger partial charge < -0.3 is 5.32 Å². The predicted molar refractivity (Wildman–Crippen MR) is 129 cm³/mol. The van der Waals surface area contributed by atoms with Crippen LogP contribution in [0, 0.1) is 5.92 Å². The maximum Gasteiger partial charge on any atom is 0.253 e. The number of rotatable bonds is 6. The Balaban J connectivity index is 1.67. The second kappa shape index (κ2) is 8.67. The van der Waals surface area contributed by atoms with E-state index in [4.69, 9.17) is 4.98 Å². The number of pyridine rings is 1. The van der Waals surface area contributed by atoms with Gasteiger partial charge in [-0.25, -0.2) is 4.98 Å². The fourth-order valence-electron chi connectivity index (χ4n) is 4.27. The Kier molecular flexibility index (Phi) is 5.58. The van der Waals surface area contributed by atoms with Crippen LogP contribution in [-0.2, 0) is 10.8 Å². The number of fused-ring (bicyclic) bond motifs is 1. The summed E-state index contributed by atoms with van der Waals surface area (Å²) in [5.74, 6) is 0.227. The zero-order valence-electron chi connectivity index (χ0n) is 17.8. The van der Waals surface area contributed by atoms with Crippen LogP contribution in [0.1, 0.15) is 34.8 Å². The zero-order chi connectivity index (χ0) is 22.1. The van der Waals surface area contributed by atoms with E-state index < -0.39 is 10.8 Å². The first-order valence-electron chi connectivity index (χ1n) is 10.8. The van der Waals surface area contributed by atoms with Gasteiger partial charge in [-0.3, -0.25) is 9.00 Å². The molecule has 160 valence electrons. The van der Waals surface area contributed by atoms with Crippen molar-refractivity contribution in [2.75, 3.05) is 6.26 Å². The second-order valence-corrected chi connectivity index (χ2v) is 9.52. The van der Waals surface area contributed by atoms with Crippen LogP contribution >= 0.6 is 0 Å². The predicted octanol–water partition coefficient (Wildman–Crippen LogP) is 5.52. The van der Waals surface area contributed by atoms with E-state index in [-0.39, 0.29) is 11.9 Å². The van der Waals surface area contributed by atoms with Crippen molar-refractivity contribution < 1.29 is 9.00 Å². The van der Waals surface area contributed by atoms with E-state index in [9.17, 15) is 9.00 Å². The normalized spacial score (nSPS) is 15.3. The van der Waals surface area contributed by atoms with E-state index in [1.807, 2.05) is 72.8 Å². The summed E-state index contributed by atoms with van der Waals surface area (Å²) in [4.78, 5) is 19.1. The van der Waals surface area contributed by atoms with Gasteiger partial charge in [0.25, 0.3) is 5.91 Å². The van der Waals surface area contributed by atoms with Gasteiger partial charge in [0.1, 0.15) is 0 Å². The SMILES string of the molecule is CS(=O)c1c(-c2ccccc2)nc2ccccc2c1C(=O)N[C@H](c1ccccc1)C1CC1. The number of aromatic nitrogens is 1. The Morgan fingerprint density at radius 2 is 1.56 bits per heavy atom. The van der Waals surface area contributed by atoms with Gasteiger partial charge in [0.2, 0.25) is 0 Å². The molecule has 2 atom stereocenters. The molecule has 5 rings (SSSR count). The molecule has 1 heterocycles. The molecular formula is C27H24N2O2S. The van der Waals surface area contributed by atoms with Crippen molar-refractivity contribution in [2.45, 2.75) is 23.8 Å². The quantitative estimate of drug-likeness (QED) is 0.429. The third-order valence-electron chi connectivity index (χ3n) is 5.95. The summed E-state index contributed by atoms with van der Waals surface area (Å²) in [6.07, 6.45) is 3.81. The van der Waals surface area contributed by atoms with Crippen molar-refractivity contribution in [3.05, 3.63) is 96.1 Å². The standard InChI is InChI=1S/C27H24N2O2S/c1-32(31)26-23(27(30)29-24(20-16-17-20)18-10-4-2-5-11-18)21-14-8-9-15-22(21)28-25(26)19-12-6-3-7-13-19/h2-15,20,24H,16-17H2,1H3,(H,29,30)/t24-,32?/m1/s1. The first-order chi connectivity index (χ1) is 15.6. The Bertz CT molecular complexity index is 1300. The van der Waals surface area contributed by atoms with Crippen molar-refractivity contribution in [1.82, 2.24) is 10.3 Å². The van der Waals surface area contributed by atoms with Crippen molar-refractivity contribution >= 4 is 27.6 Å². The number of hydrogen-bond donors (Lipinski definition) is 1. The van der Waals surface area contributed by atoms with Gasteiger partial charge in [-0.15, -0.1) is 0 Å². The molecule has 0 bridgehead atoms. The number of hydrogen-bond acceptors (Lipinski definition) is 3. The number of para-hydroxylation sites is 1. The third kappa shape index (κ3) is 3.96. The van der Waals surface area contributed by atoms with E-state index in [1.54, 1.807) is 6.26 Å². The maximum absolute atomic E-state index is 13.8. The summed E-state index contributed by atoms with van der Waals surface area (Å²) in [5, 5.41) is 4.00. The first kappa shape index (κ1) is 20.6. The molecular weight excluding hydrogens is 416 g/mol. The molecule has 32 heavy (non-hydrogen) atoms. The summed E-state index contributed by atoms with van der Waals surface area (Å²) in [5.41, 5.74) is 3.71. The fourth-order valence-corrected chi connectivity index (χ4v) is 5.19. The molecule has 0 spiro atoms. The summed E-state index contributed by atoms with van der Waals surface area (Å²) >= 11 is 0. The molecule has 1 fully saturated rings. The molecule has 1 N–H and O–H groups in total. The highest BCUT2D eigenvalue weighted by Gasteiger charge is 2.35. The summed E-state index contributed by atoms with van der Waals surface area (Å²) in [6, 6.07) is 27.3. The highest BCUT2D eigenvalue weighted by molar-refractivity contribution is 7.84. The van der Waals surface area contributed by atoms with Gasteiger partial charge in [0.05, 0.1) is 38.5 Å². The van der Waals surface area contributed by atoms with Crippen molar-refractivity contribution in [3.8, 4) is 11.3 Å². The molecule has 4 nitrogen and oxygen atoms in total. The van der Waals surface area contributed by atoms with Crippen LogP contribution in [0.5, 0.6) is 0 Å². The lowest BCUT2D eigenvalue weighted by atomic mass is 10.00. The molecule has 1 unspecified atom stereocenters. The van der Waals surface area contributed by atoms with Gasteiger partial charge in [-0.05, 0) is 30.4 Å². The molecule has 3 aromatic carbocycles. The van der Waals surface area contributed by atoms with Gasteiger partial charge in [-0.1, -0.05) is 78.9 Å². The van der Waals surface area contributed by atoms with E-state index in [2.05, 4.69) is 17.4 Å². The minimum atomic E-state index is -1.41. The Labute approximate surface area is 190 Å². The zero-order valence-corrected chi connectivity index (χ0v) is 18.6. The highest BCUT2D eigenvalue weighted by Crippen LogP contribution is 2.41. The van der Waals surface area contributed by atoms with Crippen LogP contribution in [0.2, 0.25) is 0 Å². The molecule has 1 amide bonds. The van der Waals surface area contributed by atoms with Crippen LogP contribution in [0.4, 0.5) is 0 Å². The minimum Gasteiger partial charge on any atom is -0.345 e. The van der Waals surface area contributed by atoms with E-state index >= 15 is 0 Å². The molecule has 0 radical (unpaired) electrons. The number of carbonyl (C=O) groups is 1. The highest BCUT2D eigenvalue weighted by atomic mass is 32.2. The largest absolute Gasteiger partial charge is 0.345 e. The number of nitrogens with zero attached hydrogens (tertiary/aromatic N) is 1. The number of benzene rings is 3. The van der Waals surface area contributed by atoms with Crippen LogP contribution in [0.25, 0.3) is 22.2 Å². The summed E-state index contributed by atoms with van der Waals surface area (Å²) < 4.78 is 13.0. The van der Waals surface area contributed by atoms with Gasteiger partial charge >= 0.3 is 0 Å². The number of amides is 1. The average Bonchev–Trinajstić information content (AvgIpc) is 3.67. The lowest BCUT2D eigenvalue weighted by molar-refractivity contribution is 0.0930. The van der Waals surface area contributed by atoms with Crippen LogP contribution in [0.15, 0.2) is 89.8 Å². The molecule has 4 aromatic rings. The molecule has 1 aliphatic carbocycles. The monoisotopic (exact) mass is 440 g/mol.